The van der Waals surface area contributed by atoms with Crippen LogP contribution in [0.25, 0.3) is 22.2 Å². The summed E-state index contributed by atoms with van der Waals surface area (Å²) < 4.78 is 32.7. The topological polar surface area (TPSA) is 83.1 Å². The van der Waals surface area contributed by atoms with Gasteiger partial charge in [-0.15, -0.1) is 0 Å². The molecule has 0 amide bonds. The summed E-state index contributed by atoms with van der Waals surface area (Å²) in [4.78, 5) is 6.94. The number of aromatic nitrogens is 2. The van der Waals surface area contributed by atoms with Crippen molar-refractivity contribution in [2.75, 3.05) is 0 Å². The van der Waals surface area contributed by atoms with Crippen LogP contribution in [0.3, 0.4) is 0 Å². The number of nitrogens with zero attached hydrogens (tertiary/aromatic N) is 1. The number of hydrogen-bond acceptors (Lipinski definition) is 3. The molecular weight excluding hydrogens is 468 g/mol. The normalized spacial score (nSPS) is 11.9. The zero-order chi connectivity index (χ0) is 25.6. The fraction of sp³-hybridized carbons (Fsp3) is 0.567. The number of unbranched alkanes of at least 4 members (excludes halogenated alkanes) is 14. The molecule has 198 valence electrons. The van der Waals surface area contributed by atoms with E-state index in [0.717, 1.165) is 24.0 Å². The third kappa shape index (κ3) is 9.04. The van der Waals surface area contributed by atoms with Gasteiger partial charge in [-0.25, -0.2) is 4.98 Å². The van der Waals surface area contributed by atoms with E-state index in [0.29, 0.717) is 11.0 Å². The number of rotatable bonds is 18. The monoisotopic (exact) mass is 512 g/mol. The molecule has 0 radical (unpaired) electrons. The minimum absolute atomic E-state index is 0.404. The van der Waals surface area contributed by atoms with Crippen LogP contribution >= 0.6 is 0 Å². The summed E-state index contributed by atoms with van der Waals surface area (Å²) in [5.41, 5.74) is 4.37. The van der Waals surface area contributed by atoms with Gasteiger partial charge in [-0.1, -0.05) is 133 Å². The molecule has 0 spiro atoms. The Bertz CT molecular complexity index is 1140. The van der Waals surface area contributed by atoms with Crippen molar-refractivity contribution >= 4 is 21.2 Å². The second-order valence-corrected chi connectivity index (χ2v) is 11.4. The van der Waals surface area contributed by atoms with Crippen molar-refractivity contribution in [3.8, 4) is 11.1 Å². The van der Waals surface area contributed by atoms with E-state index in [1.165, 1.54) is 95.5 Å². The molecule has 0 saturated carbocycles. The number of fused-ring (bicyclic) bond motifs is 1. The van der Waals surface area contributed by atoms with Gasteiger partial charge < -0.3 is 4.98 Å². The van der Waals surface area contributed by atoms with Crippen molar-refractivity contribution in [3.05, 3.63) is 48.0 Å². The van der Waals surface area contributed by atoms with Gasteiger partial charge in [0.2, 0.25) is 0 Å². The smallest absolute Gasteiger partial charge is 0.326 e. The maximum absolute atomic E-state index is 11.6. The molecule has 6 heteroatoms. The number of H-pyrrole nitrogens is 1. The van der Waals surface area contributed by atoms with Gasteiger partial charge in [0.25, 0.3) is 5.16 Å². The predicted octanol–water partition coefficient (Wildman–Crippen LogP) is 8.89. The molecule has 0 aliphatic heterocycles. The molecule has 0 fully saturated rings. The predicted molar refractivity (Wildman–Crippen MR) is 150 cm³/mol. The van der Waals surface area contributed by atoms with E-state index in [2.05, 4.69) is 16.9 Å². The van der Waals surface area contributed by atoms with E-state index in [-0.39, 0.29) is 0 Å². The number of imidazole rings is 1. The SMILES string of the molecule is CCCCCCCCCCCCCCCCCc1ccc2nc(S(=O)(=O)O)[nH]c2c1-c1ccccc1. The molecule has 1 aromatic heterocycles. The van der Waals surface area contributed by atoms with Crippen molar-refractivity contribution in [3.63, 3.8) is 0 Å². The van der Waals surface area contributed by atoms with Crippen molar-refractivity contribution in [1.29, 1.82) is 0 Å². The van der Waals surface area contributed by atoms with Crippen molar-refractivity contribution in [2.24, 2.45) is 0 Å². The Morgan fingerprint density at radius 3 is 1.78 bits per heavy atom. The third-order valence-corrected chi connectivity index (χ3v) is 7.76. The van der Waals surface area contributed by atoms with Crippen LogP contribution in [0, 0.1) is 0 Å². The number of hydrogen-bond donors (Lipinski definition) is 2. The molecule has 0 aliphatic rings. The zero-order valence-corrected chi connectivity index (χ0v) is 22.8. The van der Waals surface area contributed by atoms with Gasteiger partial charge >= 0.3 is 10.1 Å². The van der Waals surface area contributed by atoms with Gasteiger partial charge in [0.15, 0.2) is 0 Å². The Labute approximate surface area is 217 Å². The molecular formula is C30H44N2O3S. The summed E-state index contributed by atoms with van der Waals surface area (Å²) in [6.07, 6.45) is 21.1. The van der Waals surface area contributed by atoms with Crippen LogP contribution < -0.4 is 0 Å². The van der Waals surface area contributed by atoms with Crippen LogP contribution in [-0.4, -0.2) is 22.9 Å². The van der Waals surface area contributed by atoms with Crippen LogP contribution in [0.5, 0.6) is 0 Å². The molecule has 2 aromatic carbocycles. The molecule has 2 N–H and O–H groups in total. The first kappa shape index (κ1) is 28.4. The molecule has 0 saturated heterocycles. The fourth-order valence-electron chi connectivity index (χ4n) is 5.05. The molecule has 0 atom stereocenters. The highest BCUT2D eigenvalue weighted by Crippen LogP contribution is 2.33. The van der Waals surface area contributed by atoms with Crippen LogP contribution in [0.2, 0.25) is 0 Å². The Morgan fingerprint density at radius 1 is 0.722 bits per heavy atom. The second kappa shape index (κ2) is 15.2. The van der Waals surface area contributed by atoms with Crippen molar-refractivity contribution in [2.45, 2.75) is 115 Å². The quantitative estimate of drug-likeness (QED) is 0.132. The van der Waals surface area contributed by atoms with Crippen LogP contribution in [-0.2, 0) is 16.5 Å². The molecule has 0 unspecified atom stereocenters. The molecule has 5 nitrogen and oxygen atoms in total. The second-order valence-electron chi connectivity index (χ2n) is 10.1. The molecule has 3 rings (SSSR count). The van der Waals surface area contributed by atoms with Crippen LogP contribution in [0.15, 0.2) is 47.6 Å². The molecule has 36 heavy (non-hydrogen) atoms. The first-order valence-electron chi connectivity index (χ1n) is 14.0. The fourth-order valence-corrected chi connectivity index (χ4v) is 5.50. The first-order chi connectivity index (χ1) is 17.5. The largest absolute Gasteiger partial charge is 0.328 e. The highest BCUT2D eigenvalue weighted by Gasteiger charge is 2.19. The molecule has 1 heterocycles. The third-order valence-electron chi connectivity index (χ3n) is 7.08. The highest BCUT2D eigenvalue weighted by atomic mass is 32.2. The summed E-state index contributed by atoms with van der Waals surface area (Å²) in [5.74, 6) is 0. The summed E-state index contributed by atoms with van der Waals surface area (Å²) >= 11 is 0. The summed E-state index contributed by atoms with van der Waals surface area (Å²) in [6.45, 7) is 2.27. The Hall–Kier alpha value is -2.18. The summed E-state index contributed by atoms with van der Waals surface area (Å²) in [6, 6.07) is 13.9. The van der Waals surface area contributed by atoms with Crippen molar-refractivity contribution < 1.29 is 13.0 Å². The van der Waals surface area contributed by atoms with Gasteiger partial charge in [-0.3, -0.25) is 4.55 Å². The number of nitrogens with one attached hydrogen (secondary N) is 1. The summed E-state index contributed by atoms with van der Waals surface area (Å²) in [7, 11) is -4.39. The molecule has 3 aromatic rings. The van der Waals surface area contributed by atoms with E-state index in [1.807, 2.05) is 42.5 Å². The van der Waals surface area contributed by atoms with E-state index in [4.69, 9.17) is 0 Å². The van der Waals surface area contributed by atoms with Crippen LogP contribution in [0.4, 0.5) is 0 Å². The van der Waals surface area contributed by atoms with Gasteiger partial charge in [-0.05, 0) is 30.0 Å². The lowest BCUT2D eigenvalue weighted by atomic mass is 9.94. The maximum atomic E-state index is 11.6. The van der Waals surface area contributed by atoms with E-state index in [1.54, 1.807) is 0 Å². The number of aromatic amines is 1. The van der Waals surface area contributed by atoms with E-state index in [9.17, 15) is 13.0 Å². The average molecular weight is 513 g/mol. The Balaban J connectivity index is 1.42. The Kier molecular flexibility index (Phi) is 12.0. The van der Waals surface area contributed by atoms with Gasteiger partial charge in [-0.2, -0.15) is 8.42 Å². The van der Waals surface area contributed by atoms with E-state index < -0.39 is 15.3 Å². The molecule has 0 bridgehead atoms. The highest BCUT2D eigenvalue weighted by molar-refractivity contribution is 7.85. The lowest BCUT2D eigenvalue weighted by molar-refractivity contribution is 0.476. The van der Waals surface area contributed by atoms with E-state index >= 15 is 0 Å². The average Bonchev–Trinajstić information content (AvgIpc) is 3.32. The van der Waals surface area contributed by atoms with Gasteiger partial charge in [0, 0.05) is 5.56 Å². The maximum Gasteiger partial charge on any atom is 0.328 e. The van der Waals surface area contributed by atoms with Gasteiger partial charge in [0.1, 0.15) is 0 Å². The first-order valence-corrected chi connectivity index (χ1v) is 15.5. The standard InChI is InChI=1S/C30H44N2O3S/c1-2-3-4-5-6-7-8-9-10-11-12-13-14-15-17-22-26-23-24-27-29(32-30(31-27)36(33,34)35)28(26)25-20-18-16-19-21-25/h16,18-21,23-24H,2-15,17,22H2,1H3,(H,31,32)(H,33,34,35). The van der Waals surface area contributed by atoms with Gasteiger partial charge in [0.05, 0.1) is 11.0 Å². The molecule has 0 aliphatic carbocycles. The van der Waals surface area contributed by atoms with Crippen molar-refractivity contribution in [1.82, 2.24) is 9.97 Å². The zero-order valence-electron chi connectivity index (χ0n) is 22.0. The summed E-state index contributed by atoms with van der Waals surface area (Å²) in [5, 5.41) is -0.404. The number of aryl methyl sites for hydroxylation is 1. The minimum atomic E-state index is -4.39. The lowest BCUT2D eigenvalue weighted by Crippen LogP contribution is -1.99. The lowest BCUT2D eigenvalue weighted by Gasteiger charge is -2.11. The van der Waals surface area contributed by atoms with Crippen LogP contribution in [0.1, 0.15) is 109 Å². The number of benzene rings is 2. The Morgan fingerprint density at radius 2 is 1.25 bits per heavy atom. The minimum Gasteiger partial charge on any atom is -0.326 e.